The van der Waals surface area contributed by atoms with E-state index >= 15 is 0 Å². The topological polar surface area (TPSA) is 53.7 Å². The molecule has 1 fully saturated rings. The maximum atomic E-state index is 11.2. The number of hydrogen-bond donors (Lipinski definition) is 1. The molecule has 2 rings (SSSR count). The van der Waals surface area contributed by atoms with Crippen LogP contribution >= 0.6 is 0 Å². The Morgan fingerprint density at radius 1 is 1.53 bits per heavy atom. The van der Waals surface area contributed by atoms with Crippen LogP contribution in [0, 0.1) is 5.92 Å². The third-order valence-electron chi connectivity index (χ3n) is 3.62. The predicted octanol–water partition coefficient (Wildman–Crippen LogP) is 2.35. The Kier molecular flexibility index (Phi) is 3.84. The summed E-state index contributed by atoms with van der Waals surface area (Å²) in [7, 11) is 2.00. The van der Waals surface area contributed by atoms with E-state index in [9.17, 15) is 9.90 Å². The average Bonchev–Trinajstić information content (AvgIpc) is 2.81. The Labute approximate surface area is 101 Å². The Bertz CT molecular complexity index is 361. The highest BCUT2D eigenvalue weighted by molar-refractivity contribution is 5.71. The third kappa shape index (κ3) is 2.88. The number of carboxylic acids is 1. The predicted molar refractivity (Wildman–Crippen MR) is 63.6 cm³/mol. The molecule has 17 heavy (non-hydrogen) atoms. The molecule has 0 saturated heterocycles. The number of nitrogens with zero attached hydrogens (tertiary/aromatic N) is 1. The highest BCUT2D eigenvalue weighted by atomic mass is 16.4. The molecule has 2 unspecified atom stereocenters. The van der Waals surface area contributed by atoms with E-state index in [1.807, 2.05) is 13.1 Å². The summed E-state index contributed by atoms with van der Waals surface area (Å²) in [6.07, 6.45) is 7.31. The first-order valence-electron chi connectivity index (χ1n) is 6.12. The molecule has 1 heterocycles. The zero-order valence-electron chi connectivity index (χ0n) is 10.1. The van der Waals surface area contributed by atoms with Crippen LogP contribution < -0.4 is 0 Å². The van der Waals surface area contributed by atoms with Gasteiger partial charge in [0, 0.05) is 18.2 Å². The number of rotatable bonds is 4. The highest BCUT2D eigenvalue weighted by Crippen LogP contribution is 2.28. The smallest absolute Gasteiger partial charge is 0.308 e. The van der Waals surface area contributed by atoms with Crippen molar-refractivity contribution in [3.05, 3.63) is 24.2 Å². The molecule has 2 atom stereocenters. The highest BCUT2D eigenvalue weighted by Gasteiger charge is 2.33. The summed E-state index contributed by atoms with van der Waals surface area (Å²) in [4.78, 5) is 13.4. The zero-order chi connectivity index (χ0) is 12.3. The van der Waals surface area contributed by atoms with Gasteiger partial charge in [-0.3, -0.25) is 9.69 Å². The second-order valence-corrected chi connectivity index (χ2v) is 4.84. The SMILES string of the molecule is CN(Cc1ccoc1)C1CCCCC1C(=O)O. The number of carbonyl (C=O) groups is 1. The monoisotopic (exact) mass is 237 g/mol. The molecule has 0 bridgehead atoms. The van der Waals surface area contributed by atoms with Crippen LogP contribution in [0.2, 0.25) is 0 Å². The Morgan fingerprint density at radius 2 is 2.29 bits per heavy atom. The van der Waals surface area contributed by atoms with Gasteiger partial charge in [0.2, 0.25) is 0 Å². The summed E-state index contributed by atoms with van der Waals surface area (Å²) < 4.78 is 5.03. The summed E-state index contributed by atoms with van der Waals surface area (Å²) in [5.41, 5.74) is 1.10. The van der Waals surface area contributed by atoms with Gasteiger partial charge in [0.1, 0.15) is 0 Å². The molecule has 1 aliphatic carbocycles. The van der Waals surface area contributed by atoms with Crippen molar-refractivity contribution in [2.45, 2.75) is 38.3 Å². The van der Waals surface area contributed by atoms with Crippen LogP contribution in [0.25, 0.3) is 0 Å². The zero-order valence-corrected chi connectivity index (χ0v) is 10.1. The molecule has 94 valence electrons. The lowest BCUT2D eigenvalue weighted by atomic mass is 9.83. The molecule has 0 radical (unpaired) electrons. The molecule has 1 N–H and O–H groups in total. The van der Waals surface area contributed by atoms with Crippen LogP contribution in [0.5, 0.6) is 0 Å². The van der Waals surface area contributed by atoms with Crippen LogP contribution in [-0.2, 0) is 11.3 Å². The van der Waals surface area contributed by atoms with E-state index in [1.165, 1.54) is 0 Å². The number of carboxylic acid groups (broad SMARTS) is 1. The molecule has 0 aromatic carbocycles. The molecular formula is C13H19NO3. The van der Waals surface area contributed by atoms with Crippen molar-refractivity contribution in [3.63, 3.8) is 0 Å². The van der Waals surface area contributed by atoms with Gasteiger partial charge in [0.15, 0.2) is 0 Å². The van der Waals surface area contributed by atoms with Gasteiger partial charge in [0.05, 0.1) is 18.4 Å². The molecular weight excluding hydrogens is 218 g/mol. The van der Waals surface area contributed by atoms with Crippen LogP contribution in [0.3, 0.4) is 0 Å². The molecule has 1 aromatic rings. The second kappa shape index (κ2) is 5.36. The van der Waals surface area contributed by atoms with Crippen molar-refractivity contribution >= 4 is 5.97 Å². The molecule has 0 spiro atoms. The van der Waals surface area contributed by atoms with Gasteiger partial charge in [-0.1, -0.05) is 12.8 Å². The van der Waals surface area contributed by atoms with Gasteiger partial charge in [-0.15, -0.1) is 0 Å². The second-order valence-electron chi connectivity index (χ2n) is 4.84. The van der Waals surface area contributed by atoms with Crippen LogP contribution in [-0.4, -0.2) is 29.1 Å². The fourth-order valence-corrected chi connectivity index (χ4v) is 2.71. The molecule has 1 aliphatic rings. The minimum atomic E-state index is -0.659. The van der Waals surface area contributed by atoms with Crippen LogP contribution in [0.4, 0.5) is 0 Å². The molecule has 4 nitrogen and oxygen atoms in total. The van der Waals surface area contributed by atoms with Crippen molar-refractivity contribution in [3.8, 4) is 0 Å². The molecule has 0 aliphatic heterocycles. The van der Waals surface area contributed by atoms with Crippen molar-refractivity contribution < 1.29 is 14.3 Å². The van der Waals surface area contributed by atoms with Crippen LogP contribution in [0.15, 0.2) is 23.0 Å². The summed E-state index contributed by atoms with van der Waals surface area (Å²) in [6, 6.07) is 2.07. The van der Waals surface area contributed by atoms with E-state index in [0.717, 1.165) is 37.8 Å². The summed E-state index contributed by atoms with van der Waals surface area (Å²) in [6.45, 7) is 0.755. The van der Waals surface area contributed by atoms with Gasteiger partial charge in [-0.05, 0) is 26.0 Å². The quantitative estimate of drug-likeness (QED) is 0.873. The van der Waals surface area contributed by atoms with E-state index in [1.54, 1.807) is 12.5 Å². The maximum Gasteiger partial charge on any atom is 0.308 e. The molecule has 1 aromatic heterocycles. The third-order valence-corrected chi connectivity index (χ3v) is 3.62. The van der Waals surface area contributed by atoms with Crippen molar-refractivity contribution in [2.24, 2.45) is 5.92 Å². The standard InChI is InChI=1S/C13H19NO3/c1-14(8-10-6-7-17-9-10)12-5-3-2-4-11(12)13(15)16/h6-7,9,11-12H,2-5,8H2,1H3,(H,15,16). The number of hydrogen-bond acceptors (Lipinski definition) is 3. The van der Waals surface area contributed by atoms with E-state index in [-0.39, 0.29) is 12.0 Å². The van der Waals surface area contributed by atoms with Gasteiger partial charge in [-0.2, -0.15) is 0 Å². The lowest BCUT2D eigenvalue weighted by molar-refractivity contribution is -0.145. The van der Waals surface area contributed by atoms with Gasteiger partial charge in [-0.25, -0.2) is 0 Å². The van der Waals surface area contributed by atoms with Crippen LogP contribution in [0.1, 0.15) is 31.2 Å². The fraction of sp³-hybridized carbons (Fsp3) is 0.615. The van der Waals surface area contributed by atoms with Gasteiger partial charge in [0.25, 0.3) is 0 Å². The average molecular weight is 237 g/mol. The molecule has 4 heteroatoms. The minimum absolute atomic E-state index is 0.149. The first-order chi connectivity index (χ1) is 8.18. The maximum absolute atomic E-state index is 11.2. The molecule has 1 saturated carbocycles. The lowest BCUT2D eigenvalue weighted by Crippen LogP contribution is -2.43. The van der Waals surface area contributed by atoms with Gasteiger partial charge >= 0.3 is 5.97 Å². The summed E-state index contributed by atoms with van der Waals surface area (Å²) in [5, 5.41) is 9.24. The number of furan rings is 1. The first kappa shape index (κ1) is 12.2. The van der Waals surface area contributed by atoms with E-state index in [4.69, 9.17) is 4.42 Å². The minimum Gasteiger partial charge on any atom is -0.481 e. The van der Waals surface area contributed by atoms with E-state index in [0.29, 0.717) is 0 Å². The van der Waals surface area contributed by atoms with Crippen molar-refractivity contribution in [2.75, 3.05) is 7.05 Å². The Hall–Kier alpha value is -1.29. The summed E-state index contributed by atoms with van der Waals surface area (Å²) in [5.74, 6) is -0.880. The normalized spacial score (nSPS) is 25.1. The Balaban J connectivity index is 2.00. The van der Waals surface area contributed by atoms with E-state index in [2.05, 4.69) is 4.90 Å². The number of aliphatic carboxylic acids is 1. The largest absolute Gasteiger partial charge is 0.481 e. The van der Waals surface area contributed by atoms with E-state index < -0.39 is 5.97 Å². The Morgan fingerprint density at radius 3 is 2.94 bits per heavy atom. The van der Waals surface area contributed by atoms with Crippen molar-refractivity contribution in [1.29, 1.82) is 0 Å². The lowest BCUT2D eigenvalue weighted by Gasteiger charge is -2.35. The first-order valence-corrected chi connectivity index (χ1v) is 6.12. The van der Waals surface area contributed by atoms with Crippen molar-refractivity contribution in [1.82, 2.24) is 4.90 Å². The fourth-order valence-electron chi connectivity index (χ4n) is 2.71. The molecule has 0 amide bonds. The summed E-state index contributed by atoms with van der Waals surface area (Å²) >= 11 is 0. The van der Waals surface area contributed by atoms with Gasteiger partial charge < -0.3 is 9.52 Å².